The lowest BCUT2D eigenvalue weighted by molar-refractivity contribution is -0.145. The molecule has 0 aromatic carbocycles. The van der Waals surface area contributed by atoms with Crippen LogP contribution in [-0.4, -0.2) is 20.7 Å². The van der Waals surface area contributed by atoms with Crippen LogP contribution in [0, 0.1) is 0 Å². The lowest BCUT2D eigenvalue weighted by atomic mass is 10.5. The molecule has 2 N–H and O–H groups in total. The van der Waals surface area contributed by atoms with Gasteiger partial charge in [-0.25, -0.2) is 9.67 Å². The van der Waals surface area contributed by atoms with Gasteiger partial charge in [0.15, 0.2) is 0 Å². The molecule has 0 aliphatic heterocycles. The highest BCUT2D eigenvalue weighted by Crippen LogP contribution is 2.09. The van der Waals surface area contributed by atoms with Crippen LogP contribution in [0.2, 0.25) is 0 Å². The molecule has 16 heavy (non-hydrogen) atoms. The second-order valence-electron chi connectivity index (χ2n) is 3.04. The number of carbonyl (C=O) groups is 1. The fraction of sp³-hybridized carbons (Fsp3) is 0.222. The maximum atomic E-state index is 11.4. The third-order valence-corrected chi connectivity index (χ3v) is 2.65. The molecule has 0 fully saturated rings. The molecule has 0 aliphatic carbocycles. The molecule has 0 saturated carbocycles. The van der Waals surface area contributed by atoms with E-state index in [-0.39, 0.29) is 18.5 Å². The van der Waals surface area contributed by atoms with Gasteiger partial charge in [0, 0.05) is 4.88 Å². The van der Waals surface area contributed by atoms with Crippen molar-refractivity contribution in [1.82, 2.24) is 14.8 Å². The number of esters is 1. The fourth-order valence-corrected chi connectivity index (χ4v) is 1.73. The van der Waals surface area contributed by atoms with E-state index < -0.39 is 0 Å². The van der Waals surface area contributed by atoms with Crippen LogP contribution in [0.15, 0.2) is 23.8 Å². The van der Waals surface area contributed by atoms with Gasteiger partial charge in [-0.05, 0) is 11.4 Å². The summed E-state index contributed by atoms with van der Waals surface area (Å²) in [7, 11) is 0. The Labute approximate surface area is 95.7 Å². The minimum atomic E-state index is -0.363. The smallest absolute Gasteiger partial charge is 0.328 e. The molecule has 2 heterocycles. The number of hydrogen-bond donors (Lipinski definition) is 1. The van der Waals surface area contributed by atoms with Crippen LogP contribution in [-0.2, 0) is 22.7 Å². The minimum absolute atomic E-state index is 0.0234. The summed E-state index contributed by atoms with van der Waals surface area (Å²) in [4.78, 5) is 16.1. The highest BCUT2D eigenvalue weighted by Gasteiger charge is 2.06. The SMILES string of the molecule is Nc1ncn(CC(=O)OCc2cccs2)n1. The lowest BCUT2D eigenvalue weighted by Crippen LogP contribution is -2.13. The highest BCUT2D eigenvalue weighted by molar-refractivity contribution is 7.09. The number of nitrogens with two attached hydrogens (primary N) is 1. The Kier molecular flexibility index (Phi) is 3.16. The van der Waals surface area contributed by atoms with E-state index in [4.69, 9.17) is 10.5 Å². The van der Waals surface area contributed by atoms with Crippen molar-refractivity contribution in [3.8, 4) is 0 Å². The highest BCUT2D eigenvalue weighted by atomic mass is 32.1. The topological polar surface area (TPSA) is 83.0 Å². The Hall–Kier alpha value is -1.89. The Bertz CT molecular complexity index is 466. The van der Waals surface area contributed by atoms with Crippen molar-refractivity contribution in [2.24, 2.45) is 0 Å². The zero-order chi connectivity index (χ0) is 11.4. The first kappa shape index (κ1) is 10.6. The molecule has 2 aromatic heterocycles. The standard InChI is InChI=1S/C9H10N4O2S/c10-9-11-6-13(12-9)4-8(14)15-5-7-2-1-3-16-7/h1-3,6H,4-5H2,(H2,10,12). The van der Waals surface area contributed by atoms with Crippen molar-refractivity contribution in [1.29, 1.82) is 0 Å². The second kappa shape index (κ2) is 4.75. The summed E-state index contributed by atoms with van der Waals surface area (Å²) < 4.78 is 6.38. The third kappa shape index (κ3) is 2.80. The van der Waals surface area contributed by atoms with Crippen molar-refractivity contribution < 1.29 is 9.53 Å². The third-order valence-electron chi connectivity index (χ3n) is 1.80. The summed E-state index contributed by atoms with van der Waals surface area (Å²) in [5.41, 5.74) is 5.31. The second-order valence-corrected chi connectivity index (χ2v) is 4.07. The Morgan fingerprint density at radius 3 is 3.12 bits per heavy atom. The van der Waals surface area contributed by atoms with Gasteiger partial charge in [0.25, 0.3) is 0 Å². The maximum Gasteiger partial charge on any atom is 0.328 e. The molecule has 0 amide bonds. The molecule has 84 valence electrons. The van der Waals surface area contributed by atoms with Gasteiger partial charge in [-0.15, -0.1) is 16.4 Å². The monoisotopic (exact) mass is 238 g/mol. The quantitative estimate of drug-likeness (QED) is 0.791. The molecule has 7 heteroatoms. The summed E-state index contributed by atoms with van der Waals surface area (Å²) in [6.45, 7) is 0.316. The molecular formula is C9H10N4O2S. The van der Waals surface area contributed by atoms with Crippen molar-refractivity contribution in [3.05, 3.63) is 28.7 Å². The molecule has 0 aliphatic rings. The van der Waals surface area contributed by atoms with Gasteiger partial charge in [-0.1, -0.05) is 6.07 Å². The molecule has 2 aromatic rings. The van der Waals surface area contributed by atoms with E-state index in [1.165, 1.54) is 11.0 Å². The van der Waals surface area contributed by atoms with E-state index in [0.717, 1.165) is 4.88 Å². The molecule has 0 atom stereocenters. The van der Waals surface area contributed by atoms with Gasteiger partial charge in [0.05, 0.1) is 0 Å². The maximum absolute atomic E-state index is 11.4. The number of ether oxygens (including phenoxy) is 1. The molecule has 0 unspecified atom stereocenters. The first-order valence-electron chi connectivity index (χ1n) is 4.57. The van der Waals surface area contributed by atoms with Gasteiger partial charge in [0.2, 0.25) is 5.95 Å². The summed E-state index contributed by atoms with van der Waals surface area (Å²) >= 11 is 1.54. The number of carbonyl (C=O) groups excluding carboxylic acids is 1. The molecule has 2 rings (SSSR count). The molecule has 0 saturated heterocycles. The van der Waals surface area contributed by atoms with E-state index in [0.29, 0.717) is 6.61 Å². The average molecular weight is 238 g/mol. The zero-order valence-corrected chi connectivity index (χ0v) is 9.18. The fourth-order valence-electron chi connectivity index (χ4n) is 1.11. The number of rotatable bonds is 4. The van der Waals surface area contributed by atoms with E-state index >= 15 is 0 Å². The number of nitrogen functional groups attached to an aromatic ring is 1. The molecule has 0 radical (unpaired) electrons. The Morgan fingerprint density at radius 2 is 2.50 bits per heavy atom. The first-order chi connectivity index (χ1) is 7.74. The van der Waals surface area contributed by atoms with E-state index in [1.807, 2.05) is 17.5 Å². The summed E-state index contributed by atoms with van der Waals surface area (Å²) in [5.74, 6) is -0.218. The molecule has 0 spiro atoms. The van der Waals surface area contributed by atoms with Gasteiger partial charge < -0.3 is 10.5 Å². The van der Waals surface area contributed by atoms with E-state index in [1.54, 1.807) is 11.3 Å². The first-order valence-corrected chi connectivity index (χ1v) is 5.45. The summed E-state index contributed by atoms with van der Waals surface area (Å²) in [6.07, 6.45) is 1.39. The average Bonchev–Trinajstić information content (AvgIpc) is 2.87. The van der Waals surface area contributed by atoms with Crippen molar-refractivity contribution >= 4 is 23.3 Å². The van der Waals surface area contributed by atoms with Crippen LogP contribution in [0.5, 0.6) is 0 Å². The van der Waals surface area contributed by atoms with Crippen molar-refractivity contribution in [3.63, 3.8) is 0 Å². The predicted molar refractivity (Wildman–Crippen MR) is 58.5 cm³/mol. The van der Waals surface area contributed by atoms with Crippen LogP contribution < -0.4 is 5.73 Å². The van der Waals surface area contributed by atoms with Crippen LogP contribution >= 0.6 is 11.3 Å². The number of hydrogen-bond acceptors (Lipinski definition) is 6. The Morgan fingerprint density at radius 1 is 1.62 bits per heavy atom. The van der Waals surface area contributed by atoms with Gasteiger partial charge in [0.1, 0.15) is 19.5 Å². The van der Waals surface area contributed by atoms with Crippen LogP contribution in [0.25, 0.3) is 0 Å². The van der Waals surface area contributed by atoms with Crippen molar-refractivity contribution in [2.45, 2.75) is 13.2 Å². The Balaban J connectivity index is 1.81. The van der Waals surface area contributed by atoms with Crippen LogP contribution in [0.1, 0.15) is 4.88 Å². The normalized spacial score (nSPS) is 10.2. The molecular weight excluding hydrogens is 228 g/mol. The largest absolute Gasteiger partial charge is 0.459 e. The van der Waals surface area contributed by atoms with E-state index in [9.17, 15) is 4.79 Å². The van der Waals surface area contributed by atoms with Gasteiger partial charge in [-0.3, -0.25) is 4.79 Å². The van der Waals surface area contributed by atoms with Gasteiger partial charge >= 0.3 is 5.97 Å². The number of anilines is 1. The summed E-state index contributed by atoms with van der Waals surface area (Å²) in [5, 5.41) is 5.71. The zero-order valence-electron chi connectivity index (χ0n) is 8.37. The molecule has 6 nitrogen and oxygen atoms in total. The predicted octanol–water partition coefficient (Wildman–Crippen LogP) is 0.665. The number of aromatic nitrogens is 3. The van der Waals surface area contributed by atoms with Crippen LogP contribution in [0.3, 0.4) is 0 Å². The van der Waals surface area contributed by atoms with Crippen molar-refractivity contribution in [2.75, 3.05) is 5.73 Å². The number of nitrogens with zero attached hydrogens (tertiary/aromatic N) is 3. The molecule has 0 bridgehead atoms. The van der Waals surface area contributed by atoms with Crippen LogP contribution in [0.4, 0.5) is 5.95 Å². The van der Waals surface area contributed by atoms with E-state index in [2.05, 4.69) is 10.1 Å². The van der Waals surface area contributed by atoms with Gasteiger partial charge in [-0.2, -0.15) is 0 Å². The summed E-state index contributed by atoms with van der Waals surface area (Å²) in [6, 6.07) is 3.82. The number of thiophene rings is 1. The minimum Gasteiger partial charge on any atom is -0.459 e. The lowest BCUT2D eigenvalue weighted by Gasteiger charge is -2.02.